The minimum Gasteiger partial charge on any atom is -0.455 e. The minimum absolute atomic E-state index is 0.0979. The highest BCUT2D eigenvalue weighted by molar-refractivity contribution is 6.09. The van der Waals surface area contributed by atoms with Crippen LogP contribution in [0.15, 0.2) is 144 Å². The van der Waals surface area contributed by atoms with E-state index in [1.807, 2.05) is 6.07 Å². The third-order valence-electron chi connectivity index (χ3n) is 13.1. The van der Waals surface area contributed by atoms with Crippen molar-refractivity contribution in [1.29, 1.82) is 0 Å². The molecule has 8 aromatic rings. The average Bonchev–Trinajstić information content (AvgIpc) is 3.74. The molecule has 2 aliphatic carbocycles. The molecule has 1 aliphatic heterocycles. The fourth-order valence-electron chi connectivity index (χ4n) is 10.2. The van der Waals surface area contributed by atoms with Gasteiger partial charge in [-0.3, -0.25) is 0 Å². The van der Waals surface area contributed by atoms with E-state index in [-0.39, 0.29) is 16.2 Å². The Kier molecular flexibility index (Phi) is 5.90. The lowest BCUT2D eigenvalue weighted by Crippen LogP contribution is -2.31. The van der Waals surface area contributed by atoms with E-state index in [1.165, 1.54) is 78.3 Å². The van der Waals surface area contributed by atoms with Gasteiger partial charge in [0.15, 0.2) is 0 Å². The van der Waals surface area contributed by atoms with Crippen molar-refractivity contribution in [2.75, 3.05) is 4.90 Å². The first-order valence-corrected chi connectivity index (χ1v) is 18.9. The fraction of sp³-hybridized carbons (Fsp3) is 0.176. The van der Waals surface area contributed by atoms with Crippen LogP contribution in [0.5, 0.6) is 0 Å². The molecule has 0 saturated heterocycles. The third kappa shape index (κ3) is 3.94. The molecular formula is C51H41NO. The Morgan fingerprint density at radius 3 is 1.75 bits per heavy atom. The van der Waals surface area contributed by atoms with Crippen LogP contribution in [-0.2, 0) is 16.2 Å². The van der Waals surface area contributed by atoms with E-state index in [9.17, 15) is 0 Å². The van der Waals surface area contributed by atoms with Gasteiger partial charge >= 0.3 is 0 Å². The summed E-state index contributed by atoms with van der Waals surface area (Å²) >= 11 is 0. The van der Waals surface area contributed by atoms with Crippen LogP contribution in [0, 0.1) is 0 Å². The zero-order valence-corrected chi connectivity index (χ0v) is 31.1. The number of rotatable bonds is 2. The molecule has 2 nitrogen and oxygen atoms in total. The second kappa shape index (κ2) is 10.2. The summed E-state index contributed by atoms with van der Waals surface area (Å²) in [5.74, 6) is 0. The number of hydrogen-bond donors (Lipinski definition) is 0. The lowest BCUT2D eigenvalue weighted by molar-refractivity contribution is 0.627. The van der Waals surface area contributed by atoms with Gasteiger partial charge < -0.3 is 9.32 Å². The second-order valence-corrected chi connectivity index (χ2v) is 17.0. The monoisotopic (exact) mass is 683 g/mol. The van der Waals surface area contributed by atoms with Crippen LogP contribution in [0.1, 0.15) is 74.9 Å². The Balaban J connectivity index is 1.17. The number of hydrogen-bond acceptors (Lipinski definition) is 2. The predicted octanol–water partition coefficient (Wildman–Crippen LogP) is 14.0. The van der Waals surface area contributed by atoms with Gasteiger partial charge in [-0.25, -0.2) is 0 Å². The largest absolute Gasteiger partial charge is 0.455 e. The molecule has 0 atom stereocenters. The molecule has 0 N–H and O–H groups in total. The van der Waals surface area contributed by atoms with E-state index in [0.717, 1.165) is 27.5 Å². The quantitative estimate of drug-likeness (QED) is 0.180. The molecule has 1 aromatic heterocycles. The molecule has 0 spiro atoms. The Hall–Kier alpha value is -5.86. The van der Waals surface area contributed by atoms with Crippen LogP contribution < -0.4 is 4.90 Å². The molecule has 3 aliphatic rings. The maximum Gasteiger partial charge on any atom is 0.143 e. The SMILES string of the molecule is CC1(C)c2ccccc2-c2ccc(N3c4ccc(-c5cccc6c5oc5ccccc56)cc4C(C)(C)c4cc5c(cc43)C(C)(C)c3ccccc3-5)cc21. The van der Waals surface area contributed by atoms with E-state index in [0.29, 0.717) is 0 Å². The van der Waals surface area contributed by atoms with E-state index in [2.05, 4.69) is 180 Å². The smallest absolute Gasteiger partial charge is 0.143 e. The fourth-order valence-corrected chi connectivity index (χ4v) is 10.2. The molecule has 0 radical (unpaired) electrons. The zero-order valence-electron chi connectivity index (χ0n) is 31.1. The van der Waals surface area contributed by atoms with Gasteiger partial charge in [0.2, 0.25) is 0 Å². The van der Waals surface area contributed by atoms with Crippen LogP contribution in [0.3, 0.4) is 0 Å². The summed E-state index contributed by atoms with van der Waals surface area (Å²) in [5.41, 5.74) is 21.0. The molecule has 0 fully saturated rings. The normalized spacial score (nSPS) is 16.5. The van der Waals surface area contributed by atoms with Crippen molar-refractivity contribution >= 4 is 39.0 Å². The van der Waals surface area contributed by atoms with Gasteiger partial charge in [0.1, 0.15) is 11.2 Å². The number of anilines is 3. The molecule has 7 aromatic carbocycles. The van der Waals surface area contributed by atoms with Gasteiger partial charge in [-0.1, -0.05) is 139 Å². The van der Waals surface area contributed by atoms with Crippen molar-refractivity contribution in [3.63, 3.8) is 0 Å². The van der Waals surface area contributed by atoms with Gasteiger partial charge in [-0.15, -0.1) is 0 Å². The summed E-state index contributed by atoms with van der Waals surface area (Å²) in [6.45, 7) is 14.3. The van der Waals surface area contributed by atoms with Gasteiger partial charge in [0, 0.05) is 38.3 Å². The number of para-hydroxylation sites is 2. The third-order valence-corrected chi connectivity index (χ3v) is 13.1. The Bertz CT molecular complexity index is 2880. The second-order valence-electron chi connectivity index (χ2n) is 17.0. The lowest BCUT2D eigenvalue weighted by Gasteiger charge is -2.43. The van der Waals surface area contributed by atoms with E-state index in [4.69, 9.17) is 4.42 Å². The highest BCUT2D eigenvalue weighted by Gasteiger charge is 2.43. The summed E-state index contributed by atoms with van der Waals surface area (Å²) in [4.78, 5) is 2.56. The van der Waals surface area contributed by atoms with Crippen LogP contribution in [0.4, 0.5) is 17.1 Å². The van der Waals surface area contributed by atoms with Gasteiger partial charge in [-0.05, 0) is 104 Å². The standard InChI is InChI=1S/C51H41NO/c1-49(2)39-19-10-7-14-33(39)35-24-23-31(27-41(35)49)52-45-25-22-30(32-17-13-18-37-36-16-9-12-21-47(36)53-48(32)37)26-43(45)51(5,6)44-28-38-34-15-8-11-20-40(34)50(3,4)42(38)29-46(44)52/h7-29H,1-6H3. The van der Waals surface area contributed by atoms with Crippen LogP contribution in [-0.4, -0.2) is 0 Å². The van der Waals surface area contributed by atoms with E-state index >= 15 is 0 Å². The molecule has 0 amide bonds. The van der Waals surface area contributed by atoms with Gasteiger partial charge in [0.05, 0.1) is 11.4 Å². The highest BCUT2D eigenvalue weighted by atomic mass is 16.3. The number of benzene rings is 7. The van der Waals surface area contributed by atoms with Crippen LogP contribution >= 0.6 is 0 Å². The first-order valence-electron chi connectivity index (χ1n) is 18.9. The van der Waals surface area contributed by atoms with Crippen molar-refractivity contribution in [2.45, 2.75) is 57.8 Å². The number of nitrogens with zero attached hydrogens (tertiary/aromatic N) is 1. The Morgan fingerprint density at radius 2 is 0.981 bits per heavy atom. The number of furan rings is 1. The van der Waals surface area contributed by atoms with E-state index < -0.39 is 0 Å². The van der Waals surface area contributed by atoms with Gasteiger partial charge in [0.25, 0.3) is 0 Å². The van der Waals surface area contributed by atoms with Crippen molar-refractivity contribution < 1.29 is 4.42 Å². The Morgan fingerprint density at radius 1 is 0.396 bits per heavy atom. The molecule has 53 heavy (non-hydrogen) atoms. The summed E-state index contributed by atoms with van der Waals surface area (Å²) in [5, 5.41) is 2.31. The first-order chi connectivity index (χ1) is 25.5. The number of fused-ring (bicyclic) bond motifs is 11. The average molecular weight is 684 g/mol. The van der Waals surface area contributed by atoms with Gasteiger partial charge in [-0.2, -0.15) is 0 Å². The predicted molar refractivity (Wildman–Crippen MR) is 221 cm³/mol. The molecule has 11 rings (SSSR count). The lowest BCUT2D eigenvalue weighted by atomic mass is 9.71. The Labute approximate surface area is 311 Å². The molecule has 2 heteroatoms. The molecule has 0 saturated carbocycles. The summed E-state index contributed by atoms with van der Waals surface area (Å²) in [6, 6.07) is 52.2. The van der Waals surface area contributed by atoms with Crippen LogP contribution in [0.2, 0.25) is 0 Å². The van der Waals surface area contributed by atoms with E-state index in [1.54, 1.807) is 0 Å². The topological polar surface area (TPSA) is 16.4 Å². The minimum atomic E-state index is -0.276. The highest BCUT2D eigenvalue weighted by Crippen LogP contribution is 2.59. The molecule has 0 bridgehead atoms. The molecule has 256 valence electrons. The van der Waals surface area contributed by atoms with Crippen molar-refractivity contribution in [3.05, 3.63) is 173 Å². The molecule has 2 heterocycles. The molecule has 0 unspecified atom stereocenters. The first kappa shape index (κ1) is 30.7. The zero-order chi connectivity index (χ0) is 36.0. The summed E-state index contributed by atoms with van der Waals surface area (Å²) < 4.78 is 6.56. The van der Waals surface area contributed by atoms with Crippen molar-refractivity contribution in [3.8, 4) is 33.4 Å². The van der Waals surface area contributed by atoms with Crippen LogP contribution in [0.25, 0.3) is 55.3 Å². The molecular weight excluding hydrogens is 643 g/mol. The summed E-state index contributed by atoms with van der Waals surface area (Å²) in [6.07, 6.45) is 0. The van der Waals surface area contributed by atoms with Crippen molar-refractivity contribution in [2.24, 2.45) is 0 Å². The summed E-state index contributed by atoms with van der Waals surface area (Å²) in [7, 11) is 0. The maximum absolute atomic E-state index is 6.56. The van der Waals surface area contributed by atoms with Crippen molar-refractivity contribution in [1.82, 2.24) is 0 Å². The maximum atomic E-state index is 6.56.